The SMILES string of the molecule is Cc1c(Cl)cccc1NC(=O)c1cccc(C(=O)NCc2ccncc2)n1. The Bertz CT molecular complexity index is 977. The van der Waals surface area contributed by atoms with Gasteiger partial charge in [0.2, 0.25) is 0 Å². The van der Waals surface area contributed by atoms with E-state index >= 15 is 0 Å². The van der Waals surface area contributed by atoms with Gasteiger partial charge in [0.25, 0.3) is 11.8 Å². The number of nitrogens with one attached hydrogen (secondary N) is 2. The highest BCUT2D eigenvalue weighted by atomic mass is 35.5. The topological polar surface area (TPSA) is 84.0 Å². The van der Waals surface area contributed by atoms with E-state index in [1.165, 1.54) is 0 Å². The van der Waals surface area contributed by atoms with Crippen LogP contribution in [0.3, 0.4) is 0 Å². The third kappa shape index (κ3) is 4.68. The molecular weight excluding hydrogens is 364 g/mol. The molecule has 0 atom stereocenters. The van der Waals surface area contributed by atoms with E-state index in [1.807, 2.05) is 19.1 Å². The molecule has 136 valence electrons. The van der Waals surface area contributed by atoms with E-state index in [4.69, 9.17) is 11.6 Å². The lowest BCUT2D eigenvalue weighted by Gasteiger charge is -2.10. The Morgan fingerprint density at radius 2 is 1.63 bits per heavy atom. The van der Waals surface area contributed by atoms with Crippen molar-refractivity contribution in [2.75, 3.05) is 5.32 Å². The van der Waals surface area contributed by atoms with Crippen molar-refractivity contribution in [3.8, 4) is 0 Å². The van der Waals surface area contributed by atoms with Crippen LogP contribution in [0.1, 0.15) is 32.1 Å². The number of hydrogen-bond acceptors (Lipinski definition) is 4. The zero-order valence-corrected chi connectivity index (χ0v) is 15.3. The largest absolute Gasteiger partial charge is 0.347 e. The number of carbonyl (C=O) groups excluding carboxylic acids is 2. The lowest BCUT2D eigenvalue weighted by atomic mass is 10.2. The number of benzene rings is 1. The molecule has 0 saturated carbocycles. The summed E-state index contributed by atoms with van der Waals surface area (Å²) in [4.78, 5) is 32.9. The van der Waals surface area contributed by atoms with Crippen LogP contribution in [0.4, 0.5) is 5.69 Å². The molecule has 0 saturated heterocycles. The second-order valence-corrected chi connectivity index (χ2v) is 6.22. The first-order valence-corrected chi connectivity index (χ1v) is 8.63. The summed E-state index contributed by atoms with van der Waals surface area (Å²) in [6, 6.07) is 13.6. The molecule has 6 nitrogen and oxygen atoms in total. The number of amides is 2. The van der Waals surface area contributed by atoms with E-state index in [-0.39, 0.29) is 17.3 Å². The number of nitrogens with zero attached hydrogens (tertiary/aromatic N) is 2. The molecular formula is C20H17ClN4O2. The molecule has 0 fully saturated rings. The second kappa shape index (κ2) is 8.42. The fourth-order valence-electron chi connectivity index (χ4n) is 2.39. The molecule has 0 unspecified atom stereocenters. The molecule has 0 aliphatic heterocycles. The Balaban J connectivity index is 1.70. The quantitative estimate of drug-likeness (QED) is 0.708. The van der Waals surface area contributed by atoms with E-state index in [9.17, 15) is 9.59 Å². The first-order valence-electron chi connectivity index (χ1n) is 8.25. The van der Waals surface area contributed by atoms with Crippen molar-refractivity contribution in [2.45, 2.75) is 13.5 Å². The highest BCUT2D eigenvalue weighted by molar-refractivity contribution is 6.31. The summed E-state index contributed by atoms with van der Waals surface area (Å²) in [5.41, 5.74) is 2.59. The molecule has 3 rings (SSSR count). The van der Waals surface area contributed by atoms with Crippen LogP contribution < -0.4 is 10.6 Å². The Kier molecular flexibility index (Phi) is 5.78. The van der Waals surface area contributed by atoms with Gasteiger partial charge in [0.1, 0.15) is 11.4 Å². The van der Waals surface area contributed by atoms with Crippen LogP contribution in [-0.4, -0.2) is 21.8 Å². The van der Waals surface area contributed by atoms with Crippen molar-refractivity contribution in [1.29, 1.82) is 0 Å². The summed E-state index contributed by atoms with van der Waals surface area (Å²) in [5, 5.41) is 6.10. The molecule has 0 aliphatic carbocycles. The van der Waals surface area contributed by atoms with Crippen LogP contribution in [0.15, 0.2) is 60.9 Å². The van der Waals surface area contributed by atoms with E-state index < -0.39 is 5.91 Å². The summed E-state index contributed by atoms with van der Waals surface area (Å²) >= 11 is 6.07. The predicted molar refractivity (Wildman–Crippen MR) is 104 cm³/mol. The van der Waals surface area contributed by atoms with Crippen molar-refractivity contribution in [3.63, 3.8) is 0 Å². The minimum atomic E-state index is -0.413. The summed E-state index contributed by atoms with van der Waals surface area (Å²) in [6.45, 7) is 2.16. The molecule has 2 aromatic heterocycles. The summed E-state index contributed by atoms with van der Waals surface area (Å²) in [5.74, 6) is -0.774. The van der Waals surface area contributed by atoms with Crippen LogP contribution in [0.5, 0.6) is 0 Å². The molecule has 2 heterocycles. The van der Waals surface area contributed by atoms with Crippen LogP contribution in [-0.2, 0) is 6.54 Å². The van der Waals surface area contributed by atoms with Gasteiger partial charge >= 0.3 is 0 Å². The molecule has 0 radical (unpaired) electrons. The average Bonchev–Trinajstić information content (AvgIpc) is 2.70. The molecule has 3 aromatic rings. The van der Waals surface area contributed by atoms with Gasteiger partial charge in [0, 0.05) is 29.6 Å². The first-order chi connectivity index (χ1) is 13.0. The Labute approximate surface area is 161 Å². The zero-order chi connectivity index (χ0) is 19.2. The summed E-state index contributed by atoms with van der Waals surface area (Å²) in [6.07, 6.45) is 3.31. The monoisotopic (exact) mass is 380 g/mol. The summed E-state index contributed by atoms with van der Waals surface area (Å²) < 4.78 is 0. The molecule has 2 N–H and O–H groups in total. The second-order valence-electron chi connectivity index (χ2n) is 5.81. The molecule has 7 heteroatoms. The minimum absolute atomic E-state index is 0.144. The molecule has 27 heavy (non-hydrogen) atoms. The van der Waals surface area contributed by atoms with E-state index in [1.54, 1.807) is 48.8 Å². The Hall–Kier alpha value is -3.25. The third-order valence-corrected chi connectivity index (χ3v) is 4.34. The van der Waals surface area contributed by atoms with Crippen molar-refractivity contribution in [2.24, 2.45) is 0 Å². The van der Waals surface area contributed by atoms with Crippen LogP contribution >= 0.6 is 11.6 Å². The number of carbonyl (C=O) groups is 2. The van der Waals surface area contributed by atoms with E-state index in [0.29, 0.717) is 17.3 Å². The normalized spacial score (nSPS) is 10.3. The number of hydrogen-bond donors (Lipinski definition) is 2. The van der Waals surface area contributed by atoms with E-state index in [2.05, 4.69) is 20.6 Å². The first kappa shape index (κ1) is 18.5. The van der Waals surface area contributed by atoms with Gasteiger partial charge in [-0.05, 0) is 54.4 Å². The van der Waals surface area contributed by atoms with Gasteiger partial charge in [0.05, 0.1) is 0 Å². The van der Waals surface area contributed by atoms with Gasteiger partial charge in [-0.2, -0.15) is 0 Å². The number of pyridine rings is 2. The molecule has 2 amide bonds. The van der Waals surface area contributed by atoms with Gasteiger partial charge in [0.15, 0.2) is 0 Å². The van der Waals surface area contributed by atoms with Gasteiger partial charge in [-0.1, -0.05) is 23.7 Å². The van der Waals surface area contributed by atoms with Gasteiger partial charge in [-0.25, -0.2) is 4.98 Å². The fraction of sp³-hybridized carbons (Fsp3) is 0.100. The van der Waals surface area contributed by atoms with Crippen molar-refractivity contribution in [3.05, 3.63) is 88.5 Å². The van der Waals surface area contributed by atoms with Crippen molar-refractivity contribution in [1.82, 2.24) is 15.3 Å². The number of anilines is 1. The molecule has 0 aliphatic rings. The van der Waals surface area contributed by atoms with Crippen molar-refractivity contribution >= 4 is 29.1 Å². The highest BCUT2D eigenvalue weighted by Gasteiger charge is 2.14. The standard InChI is InChI=1S/C20H17ClN4O2/c1-13-15(21)4-2-5-16(13)25-20(27)18-7-3-6-17(24-18)19(26)23-12-14-8-10-22-11-9-14/h2-11H,12H2,1H3,(H,23,26)(H,25,27). The average molecular weight is 381 g/mol. The van der Waals surface area contributed by atoms with E-state index in [0.717, 1.165) is 11.1 Å². The van der Waals surface area contributed by atoms with Crippen LogP contribution in [0.25, 0.3) is 0 Å². The van der Waals surface area contributed by atoms with Crippen molar-refractivity contribution < 1.29 is 9.59 Å². The lowest BCUT2D eigenvalue weighted by molar-refractivity contribution is 0.0945. The summed E-state index contributed by atoms with van der Waals surface area (Å²) in [7, 11) is 0. The number of halogens is 1. The molecule has 0 bridgehead atoms. The molecule has 0 spiro atoms. The smallest absolute Gasteiger partial charge is 0.274 e. The number of aromatic nitrogens is 2. The van der Waals surface area contributed by atoms with Gasteiger partial charge < -0.3 is 10.6 Å². The van der Waals surface area contributed by atoms with Crippen LogP contribution in [0.2, 0.25) is 5.02 Å². The van der Waals surface area contributed by atoms with Crippen LogP contribution in [0, 0.1) is 6.92 Å². The maximum Gasteiger partial charge on any atom is 0.274 e. The van der Waals surface area contributed by atoms with Gasteiger partial charge in [-0.3, -0.25) is 14.6 Å². The Morgan fingerprint density at radius 1 is 0.963 bits per heavy atom. The number of rotatable bonds is 5. The third-order valence-electron chi connectivity index (χ3n) is 3.93. The minimum Gasteiger partial charge on any atom is -0.347 e. The molecule has 1 aromatic carbocycles. The maximum absolute atomic E-state index is 12.5. The predicted octanol–water partition coefficient (Wildman–Crippen LogP) is 3.62. The lowest BCUT2D eigenvalue weighted by Crippen LogP contribution is -2.25. The fourth-order valence-corrected chi connectivity index (χ4v) is 2.56. The highest BCUT2D eigenvalue weighted by Crippen LogP contribution is 2.23. The Morgan fingerprint density at radius 3 is 2.37 bits per heavy atom. The van der Waals surface area contributed by atoms with Gasteiger partial charge in [-0.15, -0.1) is 0 Å². The maximum atomic E-state index is 12.5. The zero-order valence-electron chi connectivity index (χ0n) is 14.6.